The molecule has 1 aliphatic heterocycles. The minimum atomic E-state index is -1.03. The van der Waals surface area contributed by atoms with E-state index in [1.807, 2.05) is 30.4 Å². The number of anilines is 1. The second kappa shape index (κ2) is 7.79. The monoisotopic (exact) mass is 444 g/mol. The van der Waals surface area contributed by atoms with Crippen LogP contribution in [0.3, 0.4) is 0 Å². The second-order valence-electron chi connectivity index (χ2n) is 8.60. The quantitative estimate of drug-likeness (QED) is 0.495. The zero-order valence-electron chi connectivity index (χ0n) is 17.7. The first-order chi connectivity index (χ1) is 15.7. The Morgan fingerprint density at radius 2 is 1.97 bits per heavy atom. The average Bonchev–Trinajstić information content (AvgIpc) is 3.57. The third kappa shape index (κ3) is 3.40. The predicted octanol–water partition coefficient (Wildman–Crippen LogP) is 3.96. The summed E-state index contributed by atoms with van der Waals surface area (Å²) < 4.78 is 0. The Morgan fingerprint density at radius 1 is 1.09 bits per heavy atom. The van der Waals surface area contributed by atoms with Gasteiger partial charge in [-0.2, -0.15) is 15.4 Å². The van der Waals surface area contributed by atoms with Crippen LogP contribution in [0.1, 0.15) is 46.8 Å². The Kier molecular flexibility index (Phi) is 4.77. The van der Waals surface area contributed by atoms with E-state index in [4.69, 9.17) is 9.97 Å². The molecule has 1 saturated heterocycles. The lowest BCUT2D eigenvalue weighted by atomic mass is 9.97. The Labute approximate surface area is 189 Å². The van der Waals surface area contributed by atoms with Gasteiger partial charge in [0.2, 0.25) is 0 Å². The van der Waals surface area contributed by atoms with Crippen molar-refractivity contribution >= 4 is 39.5 Å². The number of rotatable bonds is 4. The summed E-state index contributed by atoms with van der Waals surface area (Å²) in [5.74, 6) is 1.63. The summed E-state index contributed by atoms with van der Waals surface area (Å²) >= 11 is 1.80. The third-order valence-electron chi connectivity index (χ3n) is 6.48. The van der Waals surface area contributed by atoms with Crippen molar-refractivity contribution in [2.24, 2.45) is 0 Å². The van der Waals surface area contributed by atoms with Crippen molar-refractivity contribution in [3.8, 4) is 0 Å². The number of aliphatic hydroxyl groups is 1. The fraction of sp³-hybridized carbons (Fsp3) is 0.333. The van der Waals surface area contributed by atoms with Crippen LogP contribution in [0.4, 0.5) is 5.82 Å². The molecule has 1 aromatic carbocycles. The van der Waals surface area contributed by atoms with Crippen molar-refractivity contribution < 1.29 is 5.11 Å². The predicted molar refractivity (Wildman–Crippen MR) is 127 cm³/mol. The van der Waals surface area contributed by atoms with Crippen molar-refractivity contribution in [3.05, 3.63) is 64.1 Å². The molecule has 0 saturated carbocycles. The van der Waals surface area contributed by atoms with Crippen LogP contribution in [0.2, 0.25) is 0 Å². The highest BCUT2D eigenvalue weighted by Gasteiger charge is 2.41. The first-order valence-electron chi connectivity index (χ1n) is 11.1. The number of fused-ring (bicyclic) bond motifs is 3. The lowest BCUT2D eigenvalue weighted by Gasteiger charge is -2.23. The summed E-state index contributed by atoms with van der Waals surface area (Å²) in [5.41, 5.74) is 2.08. The molecule has 1 unspecified atom stereocenters. The summed E-state index contributed by atoms with van der Waals surface area (Å²) in [6, 6.07) is 10.2. The van der Waals surface area contributed by atoms with Crippen molar-refractivity contribution in [2.45, 2.75) is 37.7 Å². The molecule has 1 atom stereocenters. The van der Waals surface area contributed by atoms with Crippen LogP contribution in [0.15, 0.2) is 36.5 Å². The van der Waals surface area contributed by atoms with E-state index in [0.29, 0.717) is 31.0 Å². The molecule has 162 valence electrons. The van der Waals surface area contributed by atoms with Crippen molar-refractivity contribution in [1.82, 2.24) is 25.4 Å². The molecule has 0 spiro atoms. The van der Waals surface area contributed by atoms with Gasteiger partial charge in [0.05, 0.1) is 18.1 Å². The molecule has 1 aliphatic carbocycles. The van der Waals surface area contributed by atoms with Gasteiger partial charge in [-0.05, 0) is 42.9 Å². The number of aromatic amines is 1. The Bertz CT molecular complexity index is 1280. The van der Waals surface area contributed by atoms with Crippen LogP contribution in [0.5, 0.6) is 0 Å². The Morgan fingerprint density at radius 3 is 2.81 bits per heavy atom. The maximum atomic E-state index is 11.2. The maximum absolute atomic E-state index is 11.2. The van der Waals surface area contributed by atoms with E-state index in [9.17, 15) is 5.11 Å². The van der Waals surface area contributed by atoms with Gasteiger partial charge in [0, 0.05) is 17.8 Å². The van der Waals surface area contributed by atoms with Crippen molar-refractivity contribution in [3.63, 3.8) is 0 Å². The summed E-state index contributed by atoms with van der Waals surface area (Å²) in [4.78, 5) is 14.6. The van der Waals surface area contributed by atoms with Crippen LogP contribution < -0.4 is 4.90 Å². The number of thiophene rings is 1. The zero-order valence-corrected chi connectivity index (χ0v) is 18.5. The molecule has 1 fully saturated rings. The van der Waals surface area contributed by atoms with Gasteiger partial charge in [-0.3, -0.25) is 0 Å². The molecule has 3 aromatic heterocycles. The van der Waals surface area contributed by atoms with Gasteiger partial charge in [0.15, 0.2) is 5.82 Å². The van der Waals surface area contributed by atoms with Gasteiger partial charge < -0.3 is 10.0 Å². The fourth-order valence-electron chi connectivity index (χ4n) is 4.80. The van der Waals surface area contributed by atoms with Gasteiger partial charge >= 0.3 is 0 Å². The SMILES string of the molecule is OC1(c2cn[nH]n2)CCN(c2nc(/C=C/c3ccccc3)nc3sc4c(c23)CCCC4)C1. The highest BCUT2D eigenvalue weighted by Crippen LogP contribution is 2.42. The minimum Gasteiger partial charge on any atom is -0.381 e. The van der Waals surface area contributed by atoms with Crippen LogP contribution in [0.25, 0.3) is 22.4 Å². The summed E-state index contributed by atoms with van der Waals surface area (Å²) in [6.45, 7) is 1.15. The molecule has 0 bridgehead atoms. The van der Waals surface area contributed by atoms with E-state index < -0.39 is 5.60 Å². The molecule has 2 aliphatic rings. The van der Waals surface area contributed by atoms with Gasteiger partial charge in [0.25, 0.3) is 0 Å². The molecular formula is C24H24N6OS. The smallest absolute Gasteiger partial charge is 0.155 e. The minimum absolute atomic E-state index is 0.443. The number of β-amino-alcohol motifs (C(OH)–C–C–N with tert-alkyl or cyclic N) is 1. The number of nitrogens with one attached hydrogen (secondary N) is 1. The van der Waals surface area contributed by atoms with E-state index in [-0.39, 0.29) is 0 Å². The standard InChI is InChI=1S/C24H24N6OS/c31-24(19-14-25-29-28-19)12-13-30(15-24)22-21-17-8-4-5-9-18(17)32-23(21)27-20(26-22)11-10-16-6-2-1-3-7-16/h1-3,6-7,10-11,14,31H,4-5,8-9,12-13,15H2,(H,25,28,29)/b11-10+. The van der Waals surface area contributed by atoms with Gasteiger partial charge in [-0.15, -0.1) is 11.3 Å². The molecule has 0 radical (unpaired) electrons. The highest BCUT2D eigenvalue weighted by molar-refractivity contribution is 7.19. The van der Waals surface area contributed by atoms with Crippen molar-refractivity contribution in [2.75, 3.05) is 18.0 Å². The third-order valence-corrected chi connectivity index (χ3v) is 7.66. The highest BCUT2D eigenvalue weighted by atomic mass is 32.1. The molecule has 0 amide bonds. The number of aryl methyl sites for hydroxylation is 2. The normalized spacial score (nSPS) is 21.0. The molecule has 6 rings (SSSR count). The number of hydrogen-bond donors (Lipinski definition) is 2. The molecule has 8 heteroatoms. The van der Waals surface area contributed by atoms with E-state index in [1.165, 1.54) is 28.7 Å². The lowest BCUT2D eigenvalue weighted by Crippen LogP contribution is -2.31. The van der Waals surface area contributed by atoms with E-state index in [0.717, 1.165) is 29.1 Å². The Balaban J connectivity index is 1.44. The number of aromatic nitrogens is 5. The van der Waals surface area contributed by atoms with Crippen molar-refractivity contribution in [1.29, 1.82) is 0 Å². The summed E-state index contributed by atoms with van der Waals surface area (Å²) in [5, 5.41) is 23.1. The average molecular weight is 445 g/mol. The van der Waals surface area contributed by atoms with Gasteiger partial charge in [-0.1, -0.05) is 36.4 Å². The molecular weight excluding hydrogens is 420 g/mol. The van der Waals surface area contributed by atoms with Gasteiger partial charge in [0.1, 0.15) is 21.9 Å². The largest absolute Gasteiger partial charge is 0.381 e. The van der Waals surface area contributed by atoms with Crippen LogP contribution in [-0.2, 0) is 18.4 Å². The number of hydrogen-bond acceptors (Lipinski definition) is 7. The number of nitrogens with zero attached hydrogens (tertiary/aromatic N) is 5. The first kappa shape index (κ1) is 19.6. The zero-order chi connectivity index (χ0) is 21.5. The molecule has 7 nitrogen and oxygen atoms in total. The maximum Gasteiger partial charge on any atom is 0.155 e. The lowest BCUT2D eigenvalue weighted by molar-refractivity contribution is 0.0559. The topological polar surface area (TPSA) is 90.8 Å². The van der Waals surface area contributed by atoms with Crippen LogP contribution >= 0.6 is 11.3 Å². The van der Waals surface area contributed by atoms with Crippen LogP contribution in [-0.4, -0.2) is 43.6 Å². The first-order valence-corrected chi connectivity index (χ1v) is 11.9. The second-order valence-corrected chi connectivity index (χ2v) is 9.68. The molecule has 4 heterocycles. The van der Waals surface area contributed by atoms with Gasteiger partial charge in [-0.25, -0.2) is 9.97 Å². The number of H-pyrrole nitrogens is 1. The summed E-state index contributed by atoms with van der Waals surface area (Å²) in [7, 11) is 0. The summed E-state index contributed by atoms with van der Waals surface area (Å²) in [6.07, 6.45) is 10.9. The molecule has 2 N–H and O–H groups in total. The van der Waals surface area contributed by atoms with Crippen LogP contribution in [0, 0.1) is 0 Å². The van der Waals surface area contributed by atoms with E-state index in [2.05, 4.69) is 32.4 Å². The molecule has 4 aromatic rings. The van der Waals surface area contributed by atoms with E-state index >= 15 is 0 Å². The fourth-order valence-corrected chi connectivity index (χ4v) is 6.06. The Hall–Kier alpha value is -3.10. The molecule has 32 heavy (non-hydrogen) atoms. The number of benzene rings is 1. The van der Waals surface area contributed by atoms with E-state index in [1.54, 1.807) is 17.5 Å².